The zero-order chi connectivity index (χ0) is 9.90. The van der Waals surface area contributed by atoms with Crippen LogP contribution in [0.3, 0.4) is 0 Å². The van der Waals surface area contributed by atoms with Crippen LogP contribution in [0, 0.1) is 17.2 Å². The number of nitrogens with two attached hydrogens (primary N) is 1. The van der Waals surface area contributed by atoms with E-state index in [2.05, 4.69) is 0 Å². The molecule has 1 aliphatic rings. The molecule has 4 nitrogen and oxygen atoms in total. The second-order valence-corrected chi connectivity index (χ2v) is 5.82. The quantitative estimate of drug-likeness (QED) is 0.651. The SMILES string of the molecule is N#CC[C@H]1CCS(=O)(=O)CC[C@H]1N. The van der Waals surface area contributed by atoms with Gasteiger partial charge in [-0.2, -0.15) is 5.26 Å². The van der Waals surface area contributed by atoms with Gasteiger partial charge in [-0.3, -0.25) is 0 Å². The highest BCUT2D eigenvalue weighted by Gasteiger charge is 2.26. The van der Waals surface area contributed by atoms with Gasteiger partial charge in [0.25, 0.3) is 0 Å². The molecule has 5 heteroatoms. The topological polar surface area (TPSA) is 84.0 Å². The summed E-state index contributed by atoms with van der Waals surface area (Å²) < 4.78 is 22.5. The maximum atomic E-state index is 11.2. The highest BCUT2D eigenvalue weighted by molar-refractivity contribution is 7.91. The molecule has 0 amide bonds. The molecule has 1 saturated heterocycles. The second kappa shape index (κ2) is 4.07. The molecule has 1 fully saturated rings. The van der Waals surface area contributed by atoms with Crippen molar-refractivity contribution >= 4 is 9.84 Å². The molecule has 1 aliphatic heterocycles. The molecular formula is C8H14N2O2S. The van der Waals surface area contributed by atoms with E-state index in [0.717, 1.165) is 0 Å². The lowest BCUT2D eigenvalue weighted by Crippen LogP contribution is -2.29. The molecule has 0 aromatic heterocycles. The van der Waals surface area contributed by atoms with E-state index in [9.17, 15) is 8.42 Å². The summed E-state index contributed by atoms with van der Waals surface area (Å²) in [5.74, 6) is 0.422. The lowest BCUT2D eigenvalue weighted by molar-refractivity contribution is 0.416. The normalized spacial score (nSPS) is 33.2. The van der Waals surface area contributed by atoms with Crippen molar-refractivity contribution in [3.05, 3.63) is 0 Å². The molecule has 0 aromatic rings. The molecule has 0 bridgehead atoms. The monoisotopic (exact) mass is 202 g/mol. The summed E-state index contributed by atoms with van der Waals surface area (Å²) in [5.41, 5.74) is 5.77. The Balaban J connectivity index is 2.66. The van der Waals surface area contributed by atoms with Gasteiger partial charge in [0.15, 0.2) is 0 Å². The van der Waals surface area contributed by atoms with Gasteiger partial charge in [0.2, 0.25) is 0 Å². The zero-order valence-electron chi connectivity index (χ0n) is 7.44. The lowest BCUT2D eigenvalue weighted by atomic mass is 9.93. The summed E-state index contributed by atoms with van der Waals surface area (Å²) in [5, 5.41) is 8.50. The van der Waals surface area contributed by atoms with Crippen molar-refractivity contribution in [1.82, 2.24) is 0 Å². The van der Waals surface area contributed by atoms with Gasteiger partial charge in [-0.15, -0.1) is 0 Å². The summed E-state index contributed by atoms with van der Waals surface area (Å²) in [4.78, 5) is 0. The number of nitriles is 1. The van der Waals surface area contributed by atoms with Crippen molar-refractivity contribution in [2.75, 3.05) is 11.5 Å². The van der Waals surface area contributed by atoms with E-state index in [-0.39, 0.29) is 23.5 Å². The van der Waals surface area contributed by atoms with Crippen molar-refractivity contribution < 1.29 is 8.42 Å². The summed E-state index contributed by atoms with van der Waals surface area (Å²) in [6.07, 6.45) is 1.41. The standard InChI is InChI=1S/C8H14N2O2S/c9-4-1-7-2-5-13(11,12)6-3-8(7)10/h7-8H,1-3,5-6,10H2/t7-,8+/m0/s1. The van der Waals surface area contributed by atoms with Gasteiger partial charge in [-0.1, -0.05) is 0 Å². The lowest BCUT2D eigenvalue weighted by Gasteiger charge is -2.16. The summed E-state index contributed by atoms with van der Waals surface area (Å²) >= 11 is 0. The largest absolute Gasteiger partial charge is 0.327 e. The van der Waals surface area contributed by atoms with E-state index in [1.165, 1.54) is 0 Å². The molecule has 0 unspecified atom stereocenters. The number of hydrogen-bond acceptors (Lipinski definition) is 4. The zero-order valence-corrected chi connectivity index (χ0v) is 8.26. The van der Waals surface area contributed by atoms with Gasteiger partial charge in [0, 0.05) is 12.5 Å². The van der Waals surface area contributed by atoms with E-state index in [4.69, 9.17) is 11.0 Å². The van der Waals surface area contributed by atoms with Crippen LogP contribution < -0.4 is 5.73 Å². The predicted molar refractivity (Wildman–Crippen MR) is 49.6 cm³/mol. The number of nitrogens with zero attached hydrogens (tertiary/aromatic N) is 1. The Kier molecular flexibility index (Phi) is 3.28. The van der Waals surface area contributed by atoms with Crippen molar-refractivity contribution in [3.63, 3.8) is 0 Å². The Morgan fingerprint density at radius 2 is 2.00 bits per heavy atom. The minimum atomic E-state index is -2.89. The first-order chi connectivity index (χ1) is 6.05. The first-order valence-electron chi connectivity index (χ1n) is 4.38. The minimum Gasteiger partial charge on any atom is -0.327 e. The first-order valence-corrected chi connectivity index (χ1v) is 6.20. The molecule has 1 rings (SSSR count). The van der Waals surface area contributed by atoms with Crippen LogP contribution >= 0.6 is 0 Å². The third-order valence-electron chi connectivity index (χ3n) is 2.52. The van der Waals surface area contributed by atoms with Crippen molar-refractivity contribution in [3.8, 4) is 6.07 Å². The molecule has 0 spiro atoms. The van der Waals surface area contributed by atoms with Crippen LogP contribution in [-0.2, 0) is 9.84 Å². The number of hydrogen-bond donors (Lipinski definition) is 1. The van der Waals surface area contributed by atoms with Gasteiger partial charge in [0.05, 0.1) is 17.6 Å². The van der Waals surface area contributed by atoms with E-state index in [1.807, 2.05) is 6.07 Å². The van der Waals surface area contributed by atoms with E-state index in [1.54, 1.807) is 0 Å². The van der Waals surface area contributed by atoms with Crippen LogP contribution in [0.25, 0.3) is 0 Å². The van der Waals surface area contributed by atoms with Crippen molar-refractivity contribution in [2.24, 2.45) is 11.7 Å². The molecule has 0 aromatic carbocycles. The third kappa shape index (κ3) is 2.98. The fourth-order valence-corrected chi connectivity index (χ4v) is 3.07. The number of rotatable bonds is 1. The Morgan fingerprint density at radius 1 is 1.38 bits per heavy atom. The van der Waals surface area contributed by atoms with Gasteiger partial charge < -0.3 is 5.73 Å². The van der Waals surface area contributed by atoms with Gasteiger partial charge in [0.1, 0.15) is 9.84 Å². The first kappa shape index (κ1) is 10.5. The molecular weight excluding hydrogens is 188 g/mol. The Bertz CT molecular complexity index is 305. The molecule has 2 atom stereocenters. The van der Waals surface area contributed by atoms with Crippen molar-refractivity contribution in [2.45, 2.75) is 25.3 Å². The van der Waals surface area contributed by atoms with Crippen LogP contribution in [0.4, 0.5) is 0 Å². The van der Waals surface area contributed by atoms with Crippen LogP contribution in [0.15, 0.2) is 0 Å². The maximum absolute atomic E-state index is 11.2. The smallest absolute Gasteiger partial charge is 0.150 e. The van der Waals surface area contributed by atoms with E-state index in [0.29, 0.717) is 19.3 Å². The molecule has 0 radical (unpaired) electrons. The third-order valence-corrected chi connectivity index (χ3v) is 4.24. The van der Waals surface area contributed by atoms with Gasteiger partial charge in [-0.05, 0) is 18.8 Å². The predicted octanol–water partition coefficient (Wildman–Crippen LogP) is 0.0522. The molecule has 0 aliphatic carbocycles. The fourth-order valence-electron chi connectivity index (χ4n) is 1.57. The molecule has 74 valence electrons. The summed E-state index contributed by atoms with van der Waals surface area (Å²) in [6, 6.07) is 1.92. The van der Waals surface area contributed by atoms with Crippen LogP contribution in [-0.4, -0.2) is 26.0 Å². The molecule has 1 heterocycles. The Labute approximate surface area is 78.6 Å². The van der Waals surface area contributed by atoms with Gasteiger partial charge >= 0.3 is 0 Å². The highest BCUT2D eigenvalue weighted by Crippen LogP contribution is 2.20. The van der Waals surface area contributed by atoms with Gasteiger partial charge in [-0.25, -0.2) is 8.42 Å². The Morgan fingerprint density at radius 3 is 2.62 bits per heavy atom. The average molecular weight is 202 g/mol. The van der Waals surface area contributed by atoms with Crippen molar-refractivity contribution in [1.29, 1.82) is 5.26 Å². The van der Waals surface area contributed by atoms with E-state index < -0.39 is 9.84 Å². The summed E-state index contributed by atoms with van der Waals surface area (Å²) in [7, 11) is -2.89. The highest BCUT2D eigenvalue weighted by atomic mass is 32.2. The maximum Gasteiger partial charge on any atom is 0.150 e. The Hall–Kier alpha value is -0.600. The van der Waals surface area contributed by atoms with Crippen LogP contribution in [0.5, 0.6) is 0 Å². The molecule has 13 heavy (non-hydrogen) atoms. The molecule has 0 saturated carbocycles. The minimum absolute atomic E-state index is 0.0577. The van der Waals surface area contributed by atoms with E-state index >= 15 is 0 Å². The average Bonchev–Trinajstić information content (AvgIpc) is 2.18. The van der Waals surface area contributed by atoms with Crippen LogP contribution in [0.2, 0.25) is 0 Å². The second-order valence-electron chi connectivity index (χ2n) is 3.52. The molecule has 2 N–H and O–H groups in total. The summed E-state index contributed by atoms with van der Waals surface area (Å²) in [6.45, 7) is 0. The van der Waals surface area contributed by atoms with Crippen LogP contribution in [0.1, 0.15) is 19.3 Å². The number of sulfone groups is 1. The fraction of sp³-hybridized carbons (Fsp3) is 0.875.